The Kier molecular flexibility index (Phi) is 4.24. The lowest BCUT2D eigenvalue weighted by atomic mass is 9.87. The summed E-state index contributed by atoms with van der Waals surface area (Å²) in [5, 5.41) is 12.9. The van der Waals surface area contributed by atoms with Crippen LogP contribution < -0.4 is 5.32 Å². The summed E-state index contributed by atoms with van der Waals surface area (Å²) in [5.74, 6) is 0.711. The first-order valence-electron chi connectivity index (χ1n) is 5.91. The van der Waals surface area contributed by atoms with Crippen LogP contribution >= 0.6 is 15.9 Å². The van der Waals surface area contributed by atoms with Crippen molar-refractivity contribution in [2.45, 2.75) is 31.8 Å². The van der Waals surface area contributed by atoms with Crippen LogP contribution in [-0.4, -0.2) is 17.8 Å². The van der Waals surface area contributed by atoms with Gasteiger partial charge in [-0.3, -0.25) is 0 Å². The van der Waals surface area contributed by atoms with Gasteiger partial charge in [0.1, 0.15) is 0 Å². The van der Waals surface area contributed by atoms with Gasteiger partial charge in [-0.2, -0.15) is 0 Å². The third-order valence-corrected chi connectivity index (χ3v) is 3.73. The van der Waals surface area contributed by atoms with E-state index in [9.17, 15) is 5.11 Å². The lowest BCUT2D eigenvalue weighted by molar-refractivity contribution is 0.111. The molecule has 1 aromatic carbocycles. The number of aliphatic hydroxyl groups excluding tert-OH is 1. The number of nitrogens with one attached hydrogen (secondary N) is 1. The second kappa shape index (κ2) is 5.69. The molecule has 0 spiro atoms. The molecule has 2 rings (SSSR count). The van der Waals surface area contributed by atoms with E-state index in [2.05, 4.69) is 33.4 Å². The van der Waals surface area contributed by atoms with Crippen molar-refractivity contribution in [3.8, 4) is 0 Å². The molecule has 0 bridgehead atoms. The molecule has 1 fully saturated rings. The second-order valence-corrected chi connectivity index (χ2v) is 5.48. The number of halogens is 1. The third kappa shape index (κ3) is 3.49. The van der Waals surface area contributed by atoms with E-state index in [0.29, 0.717) is 5.92 Å². The number of anilines is 1. The molecule has 0 saturated heterocycles. The summed E-state index contributed by atoms with van der Waals surface area (Å²) in [7, 11) is 0. The summed E-state index contributed by atoms with van der Waals surface area (Å²) in [4.78, 5) is 0. The number of hydrogen-bond acceptors (Lipinski definition) is 2. The highest BCUT2D eigenvalue weighted by molar-refractivity contribution is 9.10. The van der Waals surface area contributed by atoms with Crippen LogP contribution in [0, 0.1) is 5.92 Å². The van der Waals surface area contributed by atoms with E-state index in [4.69, 9.17) is 0 Å². The molecule has 0 atom stereocenters. The van der Waals surface area contributed by atoms with Gasteiger partial charge in [0.05, 0.1) is 6.10 Å². The maximum atomic E-state index is 9.42. The van der Waals surface area contributed by atoms with Crippen LogP contribution in [0.5, 0.6) is 0 Å². The van der Waals surface area contributed by atoms with Crippen molar-refractivity contribution >= 4 is 21.6 Å². The molecule has 1 aliphatic rings. The molecule has 3 heteroatoms. The fraction of sp³-hybridized carbons (Fsp3) is 0.538. The van der Waals surface area contributed by atoms with Gasteiger partial charge in [0.25, 0.3) is 0 Å². The van der Waals surface area contributed by atoms with Crippen LogP contribution in [0.15, 0.2) is 28.7 Å². The zero-order chi connectivity index (χ0) is 11.4. The molecule has 0 aliphatic heterocycles. The molecule has 2 N–H and O–H groups in total. The van der Waals surface area contributed by atoms with Crippen LogP contribution in [0.2, 0.25) is 0 Å². The summed E-state index contributed by atoms with van der Waals surface area (Å²) < 4.78 is 1.11. The van der Waals surface area contributed by atoms with Gasteiger partial charge in [0, 0.05) is 16.7 Å². The quantitative estimate of drug-likeness (QED) is 0.891. The summed E-state index contributed by atoms with van der Waals surface area (Å²) >= 11 is 3.46. The zero-order valence-corrected chi connectivity index (χ0v) is 10.9. The van der Waals surface area contributed by atoms with E-state index in [1.54, 1.807) is 0 Å². The van der Waals surface area contributed by atoms with Gasteiger partial charge in [-0.25, -0.2) is 0 Å². The van der Waals surface area contributed by atoms with Crippen molar-refractivity contribution < 1.29 is 5.11 Å². The van der Waals surface area contributed by atoms with Crippen LogP contribution in [0.3, 0.4) is 0 Å². The van der Waals surface area contributed by atoms with Crippen molar-refractivity contribution in [1.82, 2.24) is 0 Å². The first kappa shape index (κ1) is 11.9. The smallest absolute Gasteiger partial charge is 0.0540 e. The molecule has 1 saturated carbocycles. The van der Waals surface area contributed by atoms with E-state index in [-0.39, 0.29) is 6.10 Å². The van der Waals surface area contributed by atoms with Crippen molar-refractivity contribution in [2.75, 3.05) is 11.9 Å². The minimum Gasteiger partial charge on any atom is -0.393 e. The van der Waals surface area contributed by atoms with E-state index in [1.165, 1.54) is 5.69 Å². The molecule has 0 unspecified atom stereocenters. The predicted octanol–water partition coefficient (Wildman–Crippen LogP) is 3.41. The van der Waals surface area contributed by atoms with Crippen molar-refractivity contribution in [3.63, 3.8) is 0 Å². The van der Waals surface area contributed by atoms with Crippen molar-refractivity contribution in [1.29, 1.82) is 0 Å². The average molecular weight is 284 g/mol. The standard InChI is InChI=1S/C13H18BrNO/c14-11-2-1-3-12(8-11)15-9-10-4-6-13(16)7-5-10/h1-3,8,10,13,15-16H,4-7,9H2. The molecule has 1 aromatic rings. The number of hydrogen-bond donors (Lipinski definition) is 2. The van der Waals surface area contributed by atoms with Crippen LogP contribution in [0.25, 0.3) is 0 Å². The summed E-state index contributed by atoms with van der Waals surface area (Å²) in [6, 6.07) is 8.25. The average Bonchev–Trinajstić information content (AvgIpc) is 2.28. The Bertz CT molecular complexity index is 334. The lowest BCUT2D eigenvalue weighted by Gasteiger charge is -2.25. The van der Waals surface area contributed by atoms with Gasteiger partial charge >= 0.3 is 0 Å². The van der Waals surface area contributed by atoms with Crippen LogP contribution in [0.1, 0.15) is 25.7 Å². The Morgan fingerprint density at radius 2 is 2.00 bits per heavy atom. The molecular weight excluding hydrogens is 266 g/mol. The van der Waals surface area contributed by atoms with Gasteiger partial charge in [-0.1, -0.05) is 22.0 Å². The summed E-state index contributed by atoms with van der Waals surface area (Å²) in [6.07, 6.45) is 4.15. The molecule has 0 radical (unpaired) electrons. The molecular formula is C13H18BrNO. The molecule has 88 valence electrons. The SMILES string of the molecule is OC1CCC(CNc2cccc(Br)c2)CC1. The fourth-order valence-corrected chi connectivity index (χ4v) is 2.61. The minimum absolute atomic E-state index is 0.0536. The first-order chi connectivity index (χ1) is 7.74. The van der Waals surface area contributed by atoms with Gasteiger partial charge in [-0.15, -0.1) is 0 Å². The van der Waals surface area contributed by atoms with Crippen molar-refractivity contribution in [3.05, 3.63) is 28.7 Å². The topological polar surface area (TPSA) is 32.3 Å². The second-order valence-electron chi connectivity index (χ2n) is 4.57. The van der Waals surface area contributed by atoms with Gasteiger partial charge in [-0.05, 0) is 49.8 Å². The predicted molar refractivity (Wildman–Crippen MR) is 70.6 cm³/mol. The molecule has 1 aliphatic carbocycles. The molecule has 2 nitrogen and oxygen atoms in total. The van der Waals surface area contributed by atoms with E-state index >= 15 is 0 Å². The van der Waals surface area contributed by atoms with Crippen LogP contribution in [0.4, 0.5) is 5.69 Å². The fourth-order valence-electron chi connectivity index (χ4n) is 2.21. The summed E-state index contributed by atoms with van der Waals surface area (Å²) in [5.41, 5.74) is 1.17. The van der Waals surface area contributed by atoms with Crippen LogP contribution in [-0.2, 0) is 0 Å². The minimum atomic E-state index is -0.0536. The zero-order valence-electron chi connectivity index (χ0n) is 9.32. The van der Waals surface area contributed by atoms with E-state index < -0.39 is 0 Å². The maximum Gasteiger partial charge on any atom is 0.0540 e. The maximum absolute atomic E-state index is 9.42. The van der Waals surface area contributed by atoms with Crippen molar-refractivity contribution in [2.24, 2.45) is 5.92 Å². The highest BCUT2D eigenvalue weighted by Gasteiger charge is 2.18. The monoisotopic (exact) mass is 283 g/mol. The van der Waals surface area contributed by atoms with Gasteiger partial charge in [0.2, 0.25) is 0 Å². The van der Waals surface area contributed by atoms with Gasteiger partial charge < -0.3 is 10.4 Å². The molecule has 0 amide bonds. The third-order valence-electron chi connectivity index (χ3n) is 3.24. The normalized spacial score (nSPS) is 25.4. The highest BCUT2D eigenvalue weighted by atomic mass is 79.9. The lowest BCUT2D eigenvalue weighted by Crippen LogP contribution is -2.23. The number of rotatable bonds is 3. The largest absolute Gasteiger partial charge is 0.393 e. The van der Waals surface area contributed by atoms with E-state index in [1.807, 2.05) is 12.1 Å². The Labute approximate surface area is 105 Å². The Morgan fingerprint density at radius 1 is 1.25 bits per heavy atom. The summed E-state index contributed by atoms with van der Waals surface area (Å²) in [6.45, 7) is 1.02. The number of aliphatic hydroxyl groups is 1. The highest BCUT2D eigenvalue weighted by Crippen LogP contribution is 2.25. The Balaban J connectivity index is 1.79. The molecule has 0 aromatic heterocycles. The Morgan fingerprint density at radius 3 is 2.69 bits per heavy atom. The Hall–Kier alpha value is -0.540. The van der Waals surface area contributed by atoms with Gasteiger partial charge in [0.15, 0.2) is 0 Å². The molecule has 0 heterocycles. The van der Waals surface area contributed by atoms with E-state index in [0.717, 1.165) is 36.7 Å². The number of benzene rings is 1. The first-order valence-corrected chi connectivity index (χ1v) is 6.71. The molecule has 16 heavy (non-hydrogen) atoms.